The fourth-order valence-corrected chi connectivity index (χ4v) is 2.57. The molecule has 0 amide bonds. The van der Waals surface area contributed by atoms with E-state index in [0.717, 1.165) is 18.0 Å². The van der Waals surface area contributed by atoms with Gasteiger partial charge in [-0.25, -0.2) is 0 Å². The Morgan fingerprint density at radius 3 is 2.56 bits per heavy atom. The first-order chi connectivity index (χ1) is 7.61. The fraction of sp³-hybridized carbons (Fsp3) is 0.571. The van der Waals surface area contributed by atoms with Crippen LogP contribution in [0.1, 0.15) is 32.3 Å². The molecule has 0 aliphatic rings. The van der Waals surface area contributed by atoms with Crippen LogP contribution >= 0.6 is 11.6 Å². The molecule has 1 N–H and O–H groups in total. The summed E-state index contributed by atoms with van der Waals surface area (Å²) in [5, 5.41) is 4.18. The van der Waals surface area contributed by atoms with Crippen molar-refractivity contribution in [1.82, 2.24) is 5.32 Å². The molecule has 1 aromatic rings. The normalized spacial score (nSPS) is 14.8. The molecule has 1 unspecified atom stereocenters. The van der Waals surface area contributed by atoms with Gasteiger partial charge in [0.15, 0.2) is 0 Å². The van der Waals surface area contributed by atoms with Crippen LogP contribution in [0.3, 0.4) is 0 Å². The van der Waals surface area contributed by atoms with Crippen molar-refractivity contribution in [3.8, 4) is 0 Å². The zero-order valence-corrected chi connectivity index (χ0v) is 11.3. The Hall–Kier alpha value is -0.530. The van der Waals surface area contributed by atoms with E-state index in [1.807, 2.05) is 19.2 Å². The second kappa shape index (κ2) is 6.27. The predicted molar refractivity (Wildman–Crippen MR) is 72.1 cm³/mol. The van der Waals surface area contributed by atoms with E-state index in [9.17, 15) is 0 Å². The van der Waals surface area contributed by atoms with Gasteiger partial charge in [-0.05, 0) is 36.9 Å². The highest BCUT2D eigenvalue weighted by Gasteiger charge is 2.23. The molecular weight excluding hydrogens is 218 g/mol. The number of hydrogen-bond acceptors (Lipinski definition) is 1. The van der Waals surface area contributed by atoms with Gasteiger partial charge >= 0.3 is 0 Å². The first-order valence-corrected chi connectivity index (χ1v) is 6.37. The van der Waals surface area contributed by atoms with Crippen molar-refractivity contribution in [3.63, 3.8) is 0 Å². The van der Waals surface area contributed by atoms with Crippen molar-refractivity contribution in [2.45, 2.75) is 33.1 Å². The van der Waals surface area contributed by atoms with E-state index < -0.39 is 0 Å². The lowest BCUT2D eigenvalue weighted by atomic mass is 9.79. The molecule has 0 bridgehead atoms. The van der Waals surface area contributed by atoms with E-state index in [2.05, 4.69) is 31.3 Å². The molecule has 1 aromatic carbocycles. The van der Waals surface area contributed by atoms with Crippen LogP contribution in [0.5, 0.6) is 0 Å². The number of benzene rings is 1. The first-order valence-electron chi connectivity index (χ1n) is 5.99. The van der Waals surface area contributed by atoms with Crippen LogP contribution in [-0.4, -0.2) is 13.6 Å². The third-order valence-electron chi connectivity index (χ3n) is 3.03. The molecule has 1 nitrogen and oxygen atoms in total. The number of nitrogens with one attached hydrogen (secondary N) is 1. The minimum absolute atomic E-state index is 0.300. The zero-order valence-electron chi connectivity index (χ0n) is 10.5. The molecule has 1 atom stereocenters. The minimum Gasteiger partial charge on any atom is -0.319 e. The van der Waals surface area contributed by atoms with E-state index in [1.165, 1.54) is 18.4 Å². The summed E-state index contributed by atoms with van der Waals surface area (Å²) >= 11 is 6.21. The second-order valence-corrected chi connectivity index (χ2v) is 5.27. The van der Waals surface area contributed by atoms with Gasteiger partial charge in [0.1, 0.15) is 0 Å². The molecule has 1 rings (SSSR count). The molecule has 0 heterocycles. The molecule has 0 fully saturated rings. The lowest BCUT2D eigenvalue weighted by Crippen LogP contribution is -2.31. The Morgan fingerprint density at radius 1 is 1.31 bits per heavy atom. The summed E-state index contributed by atoms with van der Waals surface area (Å²) in [6.45, 7) is 5.60. The highest BCUT2D eigenvalue weighted by molar-refractivity contribution is 6.31. The molecule has 0 radical (unpaired) electrons. The maximum Gasteiger partial charge on any atom is 0.0438 e. The van der Waals surface area contributed by atoms with E-state index >= 15 is 0 Å². The standard InChI is InChI=1S/C14H22ClN/c1-4-9-14(2,11-16-3)10-12-7-5-6-8-13(12)15/h5-8,16H,4,9-11H2,1-3H3. The van der Waals surface area contributed by atoms with E-state index in [4.69, 9.17) is 11.6 Å². The Balaban J connectivity index is 2.79. The second-order valence-electron chi connectivity index (χ2n) is 4.86. The van der Waals surface area contributed by atoms with Crippen LogP contribution in [-0.2, 0) is 6.42 Å². The van der Waals surface area contributed by atoms with Gasteiger partial charge in [0.2, 0.25) is 0 Å². The molecule has 0 aliphatic heterocycles. The number of hydrogen-bond donors (Lipinski definition) is 1. The molecular formula is C14H22ClN. The molecule has 0 spiro atoms. The average molecular weight is 240 g/mol. The Bertz CT molecular complexity index is 316. The fourth-order valence-electron chi connectivity index (χ4n) is 2.37. The Kier molecular flexibility index (Phi) is 5.30. The van der Waals surface area contributed by atoms with Gasteiger partial charge in [-0.1, -0.05) is 50.1 Å². The van der Waals surface area contributed by atoms with Crippen LogP contribution in [0.2, 0.25) is 5.02 Å². The summed E-state index contributed by atoms with van der Waals surface area (Å²) in [5.41, 5.74) is 1.56. The van der Waals surface area contributed by atoms with Crippen LogP contribution in [0, 0.1) is 5.41 Å². The lowest BCUT2D eigenvalue weighted by molar-refractivity contribution is 0.283. The van der Waals surface area contributed by atoms with Gasteiger partial charge < -0.3 is 5.32 Å². The van der Waals surface area contributed by atoms with Gasteiger partial charge in [-0.15, -0.1) is 0 Å². The summed E-state index contributed by atoms with van der Waals surface area (Å²) in [4.78, 5) is 0. The van der Waals surface area contributed by atoms with E-state index in [0.29, 0.717) is 5.41 Å². The smallest absolute Gasteiger partial charge is 0.0438 e. The van der Waals surface area contributed by atoms with Crippen LogP contribution in [0.25, 0.3) is 0 Å². The summed E-state index contributed by atoms with van der Waals surface area (Å²) in [6.07, 6.45) is 3.48. The Morgan fingerprint density at radius 2 is 2.00 bits per heavy atom. The quantitative estimate of drug-likeness (QED) is 0.794. The van der Waals surface area contributed by atoms with E-state index in [1.54, 1.807) is 0 Å². The monoisotopic (exact) mass is 239 g/mol. The zero-order chi connectivity index (χ0) is 12.0. The van der Waals surface area contributed by atoms with Crippen molar-refractivity contribution in [3.05, 3.63) is 34.9 Å². The molecule has 0 saturated carbocycles. The summed E-state index contributed by atoms with van der Waals surface area (Å²) in [6, 6.07) is 8.16. The molecule has 16 heavy (non-hydrogen) atoms. The average Bonchev–Trinajstić information content (AvgIpc) is 2.22. The number of rotatable bonds is 6. The van der Waals surface area contributed by atoms with Gasteiger partial charge in [-0.2, -0.15) is 0 Å². The topological polar surface area (TPSA) is 12.0 Å². The van der Waals surface area contributed by atoms with Crippen LogP contribution in [0.4, 0.5) is 0 Å². The van der Waals surface area contributed by atoms with Gasteiger partial charge in [0.25, 0.3) is 0 Å². The summed E-state index contributed by atoms with van der Waals surface area (Å²) < 4.78 is 0. The Labute approximate surface area is 104 Å². The molecule has 0 aromatic heterocycles. The van der Waals surface area contributed by atoms with Crippen molar-refractivity contribution in [2.24, 2.45) is 5.41 Å². The lowest BCUT2D eigenvalue weighted by Gasteiger charge is -2.29. The van der Waals surface area contributed by atoms with Crippen LogP contribution in [0.15, 0.2) is 24.3 Å². The van der Waals surface area contributed by atoms with E-state index in [-0.39, 0.29) is 0 Å². The SMILES string of the molecule is CCCC(C)(CNC)Cc1ccccc1Cl. The summed E-state index contributed by atoms with van der Waals surface area (Å²) in [5.74, 6) is 0. The highest BCUT2D eigenvalue weighted by Crippen LogP contribution is 2.30. The summed E-state index contributed by atoms with van der Waals surface area (Å²) in [7, 11) is 2.01. The van der Waals surface area contributed by atoms with Crippen LogP contribution < -0.4 is 5.32 Å². The molecule has 90 valence electrons. The molecule has 0 saturated heterocycles. The maximum atomic E-state index is 6.21. The predicted octanol–water partition coefficient (Wildman–Crippen LogP) is 3.91. The van der Waals surface area contributed by atoms with Crippen molar-refractivity contribution >= 4 is 11.6 Å². The number of halogens is 1. The third-order valence-corrected chi connectivity index (χ3v) is 3.40. The third kappa shape index (κ3) is 3.80. The van der Waals surface area contributed by atoms with Crippen molar-refractivity contribution in [2.75, 3.05) is 13.6 Å². The minimum atomic E-state index is 0.300. The largest absolute Gasteiger partial charge is 0.319 e. The van der Waals surface area contributed by atoms with Gasteiger partial charge in [0, 0.05) is 11.6 Å². The van der Waals surface area contributed by atoms with Gasteiger partial charge in [-0.3, -0.25) is 0 Å². The molecule has 0 aliphatic carbocycles. The molecule has 2 heteroatoms. The van der Waals surface area contributed by atoms with Crippen molar-refractivity contribution < 1.29 is 0 Å². The first kappa shape index (κ1) is 13.5. The van der Waals surface area contributed by atoms with Crippen molar-refractivity contribution in [1.29, 1.82) is 0 Å². The maximum absolute atomic E-state index is 6.21. The van der Waals surface area contributed by atoms with Gasteiger partial charge in [0.05, 0.1) is 0 Å². The highest BCUT2D eigenvalue weighted by atomic mass is 35.5.